The Balaban J connectivity index is 2.08. The monoisotopic (exact) mass is 240 g/mol. The molecular weight excluding hydrogens is 220 g/mol. The van der Waals surface area contributed by atoms with E-state index in [0.717, 1.165) is 18.5 Å². The van der Waals surface area contributed by atoms with Gasteiger partial charge in [0.15, 0.2) is 0 Å². The normalized spacial score (nSPS) is 12.4. The van der Waals surface area contributed by atoms with Gasteiger partial charge in [-0.2, -0.15) is 0 Å². The molecule has 1 unspecified atom stereocenters. The van der Waals surface area contributed by atoms with Gasteiger partial charge in [-0.25, -0.2) is 0 Å². The van der Waals surface area contributed by atoms with Crippen molar-refractivity contribution in [2.75, 3.05) is 0 Å². The van der Waals surface area contributed by atoms with Crippen LogP contribution in [-0.4, -0.2) is 4.98 Å². The van der Waals surface area contributed by atoms with Crippen LogP contribution in [0.4, 0.5) is 0 Å². The molecule has 2 aromatic rings. The van der Waals surface area contributed by atoms with Gasteiger partial charge in [0.25, 0.3) is 0 Å². The maximum atomic E-state index is 5.84. The highest BCUT2D eigenvalue weighted by molar-refractivity contribution is 5.28. The first kappa shape index (κ1) is 12.8. The smallest absolute Gasteiger partial charge is 0.0447 e. The zero-order valence-electron chi connectivity index (χ0n) is 11.1. The second-order valence-electron chi connectivity index (χ2n) is 4.72. The van der Waals surface area contributed by atoms with Crippen LogP contribution in [0.3, 0.4) is 0 Å². The van der Waals surface area contributed by atoms with Crippen LogP contribution in [0.5, 0.6) is 0 Å². The number of aromatic nitrogens is 1. The van der Waals surface area contributed by atoms with Gasteiger partial charge in [0.05, 0.1) is 0 Å². The molecule has 0 aliphatic heterocycles. The molecule has 0 fully saturated rings. The van der Waals surface area contributed by atoms with Crippen LogP contribution in [-0.2, 0) is 12.8 Å². The summed E-state index contributed by atoms with van der Waals surface area (Å²) in [6.45, 7) is 4.14. The summed E-state index contributed by atoms with van der Waals surface area (Å²) < 4.78 is 0. The lowest BCUT2D eigenvalue weighted by Crippen LogP contribution is -2.04. The van der Waals surface area contributed by atoms with E-state index in [1.54, 1.807) is 0 Å². The van der Waals surface area contributed by atoms with Crippen LogP contribution < -0.4 is 5.73 Å². The predicted octanol–water partition coefficient (Wildman–Crippen LogP) is 3.25. The number of hydrogen-bond donors (Lipinski definition) is 1. The molecule has 0 spiro atoms. The molecule has 2 rings (SSSR count). The third-order valence-electron chi connectivity index (χ3n) is 3.18. The van der Waals surface area contributed by atoms with Crippen molar-refractivity contribution in [2.45, 2.75) is 32.7 Å². The Hall–Kier alpha value is -1.67. The number of pyridine rings is 1. The van der Waals surface area contributed by atoms with Crippen molar-refractivity contribution in [3.05, 3.63) is 65.0 Å². The minimum atomic E-state index is 0.0982. The summed E-state index contributed by atoms with van der Waals surface area (Å²) in [4.78, 5) is 4.48. The zero-order valence-corrected chi connectivity index (χ0v) is 11.1. The minimum Gasteiger partial charge on any atom is -0.324 e. The van der Waals surface area contributed by atoms with E-state index in [4.69, 9.17) is 5.73 Å². The second-order valence-corrected chi connectivity index (χ2v) is 4.72. The van der Waals surface area contributed by atoms with Gasteiger partial charge < -0.3 is 5.73 Å². The SMILES string of the molecule is CCc1ccc(Cc2ccc(C(C)N)cc2)nc1. The molecule has 1 aromatic heterocycles. The molecule has 0 radical (unpaired) electrons. The molecule has 0 aliphatic carbocycles. The highest BCUT2D eigenvalue weighted by Gasteiger charge is 2.01. The number of benzene rings is 1. The molecule has 1 atom stereocenters. The lowest BCUT2D eigenvalue weighted by Gasteiger charge is -2.07. The predicted molar refractivity (Wildman–Crippen MR) is 75.5 cm³/mol. The number of nitrogens with zero attached hydrogens (tertiary/aromatic N) is 1. The Morgan fingerprint density at radius 3 is 2.22 bits per heavy atom. The largest absolute Gasteiger partial charge is 0.324 e. The second kappa shape index (κ2) is 5.78. The van der Waals surface area contributed by atoms with Crippen molar-refractivity contribution >= 4 is 0 Å². The van der Waals surface area contributed by atoms with E-state index in [9.17, 15) is 0 Å². The molecule has 2 N–H and O–H groups in total. The Kier molecular flexibility index (Phi) is 4.11. The lowest BCUT2D eigenvalue weighted by molar-refractivity contribution is 0.817. The molecular formula is C16H20N2. The zero-order chi connectivity index (χ0) is 13.0. The summed E-state index contributed by atoms with van der Waals surface area (Å²) in [6.07, 6.45) is 3.88. The summed E-state index contributed by atoms with van der Waals surface area (Å²) in [7, 11) is 0. The Bertz CT molecular complexity index is 484. The van der Waals surface area contributed by atoms with Crippen molar-refractivity contribution in [2.24, 2.45) is 5.73 Å². The van der Waals surface area contributed by atoms with Gasteiger partial charge in [-0.1, -0.05) is 37.3 Å². The Morgan fingerprint density at radius 2 is 1.72 bits per heavy atom. The topological polar surface area (TPSA) is 38.9 Å². The molecule has 1 aromatic carbocycles. The summed E-state index contributed by atoms with van der Waals surface area (Å²) in [5, 5.41) is 0. The first-order valence-electron chi connectivity index (χ1n) is 6.47. The maximum Gasteiger partial charge on any atom is 0.0447 e. The molecule has 0 saturated heterocycles. The van der Waals surface area contributed by atoms with Crippen molar-refractivity contribution in [3.8, 4) is 0 Å². The Morgan fingerprint density at radius 1 is 1.06 bits per heavy atom. The molecule has 18 heavy (non-hydrogen) atoms. The van der Waals surface area contributed by atoms with E-state index in [2.05, 4.69) is 48.3 Å². The van der Waals surface area contributed by atoms with Crippen molar-refractivity contribution < 1.29 is 0 Å². The maximum absolute atomic E-state index is 5.84. The summed E-state index contributed by atoms with van der Waals surface area (Å²) in [5.74, 6) is 0. The van der Waals surface area contributed by atoms with Crippen LogP contribution in [0.1, 0.15) is 42.3 Å². The first-order valence-corrected chi connectivity index (χ1v) is 6.47. The van der Waals surface area contributed by atoms with E-state index in [-0.39, 0.29) is 6.04 Å². The van der Waals surface area contributed by atoms with Gasteiger partial charge >= 0.3 is 0 Å². The van der Waals surface area contributed by atoms with E-state index >= 15 is 0 Å². The van der Waals surface area contributed by atoms with E-state index < -0.39 is 0 Å². The molecule has 0 bridgehead atoms. The molecule has 0 amide bonds. The minimum absolute atomic E-state index is 0.0982. The molecule has 94 valence electrons. The van der Waals surface area contributed by atoms with Crippen LogP contribution in [0, 0.1) is 0 Å². The van der Waals surface area contributed by atoms with Gasteiger partial charge in [-0.15, -0.1) is 0 Å². The van der Waals surface area contributed by atoms with Crippen molar-refractivity contribution in [1.82, 2.24) is 4.98 Å². The summed E-state index contributed by atoms with van der Waals surface area (Å²) in [5.41, 5.74) is 10.7. The average Bonchev–Trinajstić information content (AvgIpc) is 2.40. The molecule has 2 heteroatoms. The fraction of sp³-hybridized carbons (Fsp3) is 0.312. The number of rotatable bonds is 4. The molecule has 1 heterocycles. The molecule has 0 aliphatic rings. The van der Waals surface area contributed by atoms with Crippen LogP contribution >= 0.6 is 0 Å². The van der Waals surface area contributed by atoms with E-state index in [0.29, 0.717) is 0 Å². The van der Waals surface area contributed by atoms with Crippen LogP contribution in [0.2, 0.25) is 0 Å². The average molecular weight is 240 g/mol. The number of nitrogens with two attached hydrogens (primary N) is 1. The highest BCUT2D eigenvalue weighted by Crippen LogP contribution is 2.13. The molecule has 2 nitrogen and oxygen atoms in total. The van der Waals surface area contributed by atoms with Gasteiger partial charge in [0.2, 0.25) is 0 Å². The van der Waals surface area contributed by atoms with Crippen LogP contribution in [0.15, 0.2) is 42.6 Å². The third-order valence-corrected chi connectivity index (χ3v) is 3.18. The van der Waals surface area contributed by atoms with Gasteiger partial charge in [-0.3, -0.25) is 4.98 Å². The van der Waals surface area contributed by atoms with Crippen LogP contribution in [0.25, 0.3) is 0 Å². The number of hydrogen-bond acceptors (Lipinski definition) is 2. The van der Waals surface area contributed by atoms with Gasteiger partial charge in [0.1, 0.15) is 0 Å². The van der Waals surface area contributed by atoms with Gasteiger partial charge in [0, 0.05) is 24.4 Å². The highest BCUT2D eigenvalue weighted by atomic mass is 14.7. The van der Waals surface area contributed by atoms with Crippen molar-refractivity contribution in [1.29, 1.82) is 0 Å². The fourth-order valence-electron chi connectivity index (χ4n) is 1.92. The van der Waals surface area contributed by atoms with E-state index in [1.165, 1.54) is 16.7 Å². The van der Waals surface area contributed by atoms with Crippen molar-refractivity contribution in [3.63, 3.8) is 0 Å². The van der Waals surface area contributed by atoms with Gasteiger partial charge in [-0.05, 0) is 36.1 Å². The first-order chi connectivity index (χ1) is 8.69. The third kappa shape index (κ3) is 3.17. The summed E-state index contributed by atoms with van der Waals surface area (Å²) >= 11 is 0. The standard InChI is InChI=1S/C16H20N2/c1-3-13-6-9-16(18-11-13)10-14-4-7-15(8-5-14)12(2)17/h4-9,11-12H,3,10,17H2,1-2H3. The quantitative estimate of drug-likeness (QED) is 0.891. The fourth-order valence-corrected chi connectivity index (χ4v) is 1.92. The summed E-state index contributed by atoms with van der Waals surface area (Å²) in [6, 6.07) is 12.8. The lowest BCUT2D eigenvalue weighted by atomic mass is 10.0. The Labute approximate surface area is 109 Å². The van der Waals surface area contributed by atoms with E-state index in [1.807, 2.05) is 13.1 Å². The number of aryl methyl sites for hydroxylation is 1. The molecule has 0 saturated carbocycles.